The van der Waals surface area contributed by atoms with Crippen molar-refractivity contribution in [2.24, 2.45) is 11.7 Å². The summed E-state index contributed by atoms with van der Waals surface area (Å²) in [6.07, 6.45) is 5.84. The molecule has 1 fully saturated rings. The molecule has 2 nitrogen and oxygen atoms in total. The Morgan fingerprint density at radius 3 is 3.00 bits per heavy atom. The molecule has 0 bridgehead atoms. The van der Waals surface area contributed by atoms with Crippen molar-refractivity contribution in [1.82, 2.24) is 0 Å². The van der Waals surface area contributed by atoms with Crippen molar-refractivity contribution in [2.75, 3.05) is 0 Å². The number of fused-ring (bicyclic) bond motifs is 1. The molecular weight excluding hydrogens is 290 g/mol. The smallest absolute Gasteiger partial charge is 0.126 e. The van der Waals surface area contributed by atoms with Crippen molar-refractivity contribution in [3.63, 3.8) is 0 Å². The van der Waals surface area contributed by atoms with Gasteiger partial charge in [-0.3, -0.25) is 0 Å². The first kappa shape index (κ1) is 12.5. The highest BCUT2D eigenvalue weighted by atomic mass is 79.9. The normalized spacial score (nSPS) is 34.4. The molecule has 0 amide bonds. The van der Waals surface area contributed by atoms with Crippen LogP contribution in [0.5, 0.6) is 5.75 Å². The molecule has 1 aliphatic carbocycles. The number of hydrogen-bond acceptors (Lipinski definition) is 2. The van der Waals surface area contributed by atoms with Crippen LogP contribution in [0.25, 0.3) is 0 Å². The number of hydrogen-bond donors (Lipinski definition) is 1. The Bertz CT molecular complexity index is 462. The van der Waals surface area contributed by atoms with Gasteiger partial charge in [0.15, 0.2) is 0 Å². The van der Waals surface area contributed by atoms with Crippen LogP contribution in [0.4, 0.5) is 0 Å². The van der Waals surface area contributed by atoms with E-state index in [1.807, 2.05) is 6.07 Å². The third-order valence-corrected chi connectivity index (χ3v) is 5.03. The second-order valence-corrected chi connectivity index (χ2v) is 6.71. The summed E-state index contributed by atoms with van der Waals surface area (Å²) >= 11 is 3.51. The van der Waals surface area contributed by atoms with Gasteiger partial charge in [0.25, 0.3) is 0 Å². The van der Waals surface area contributed by atoms with Crippen molar-refractivity contribution in [1.29, 1.82) is 0 Å². The van der Waals surface area contributed by atoms with Crippen molar-refractivity contribution in [3.8, 4) is 5.75 Å². The molecule has 2 N–H and O–H groups in total. The third-order valence-electron chi connectivity index (χ3n) is 4.54. The zero-order valence-corrected chi connectivity index (χ0v) is 12.4. The fourth-order valence-electron chi connectivity index (χ4n) is 3.51. The lowest BCUT2D eigenvalue weighted by Gasteiger charge is -2.39. The van der Waals surface area contributed by atoms with Crippen LogP contribution in [0.2, 0.25) is 0 Å². The Labute approximate surface area is 117 Å². The SMILES string of the molecule is CCC1CCC2(C1)C[C@@H](N)c1ccc(Br)cc1O2. The van der Waals surface area contributed by atoms with E-state index in [-0.39, 0.29) is 11.6 Å². The van der Waals surface area contributed by atoms with E-state index in [9.17, 15) is 0 Å². The highest BCUT2D eigenvalue weighted by Gasteiger charge is 2.45. The highest BCUT2D eigenvalue weighted by molar-refractivity contribution is 9.10. The second kappa shape index (κ2) is 4.53. The molecule has 0 aromatic heterocycles. The van der Waals surface area contributed by atoms with Crippen LogP contribution in [0.3, 0.4) is 0 Å². The lowest BCUT2D eigenvalue weighted by Crippen LogP contribution is -2.40. The molecule has 1 aromatic rings. The molecule has 0 saturated heterocycles. The number of halogens is 1. The highest BCUT2D eigenvalue weighted by Crippen LogP contribution is 2.49. The summed E-state index contributed by atoms with van der Waals surface area (Å²) in [7, 11) is 0. The Morgan fingerprint density at radius 2 is 2.28 bits per heavy atom. The quantitative estimate of drug-likeness (QED) is 0.844. The van der Waals surface area contributed by atoms with Crippen LogP contribution in [0.15, 0.2) is 22.7 Å². The van der Waals surface area contributed by atoms with Gasteiger partial charge in [0.05, 0.1) is 0 Å². The number of ether oxygens (including phenoxy) is 1. The van der Waals surface area contributed by atoms with Crippen LogP contribution >= 0.6 is 15.9 Å². The van der Waals surface area contributed by atoms with E-state index in [4.69, 9.17) is 10.5 Å². The minimum absolute atomic E-state index is 0.00782. The van der Waals surface area contributed by atoms with E-state index in [1.54, 1.807) is 0 Å². The van der Waals surface area contributed by atoms with Gasteiger partial charge in [-0.2, -0.15) is 0 Å². The van der Waals surface area contributed by atoms with Gasteiger partial charge in [0.1, 0.15) is 11.4 Å². The maximum atomic E-state index is 6.35. The van der Waals surface area contributed by atoms with Gasteiger partial charge in [-0.05, 0) is 37.3 Å². The van der Waals surface area contributed by atoms with Gasteiger partial charge in [0, 0.05) is 22.5 Å². The second-order valence-electron chi connectivity index (χ2n) is 5.79. The van der Waals surface area contributed by atoms with Crippen LogP contribution in [0, 0.1) is 5.92 Å². The molecule has 3 rings (SSSR count). The zero-order valence-electron chi connectivity index (χ0n) is 10.8. The van der Waals surface area contributed by atoms with E-state index in [0.29, 0.717) is 0 Å². The summed E-state index contributed by atoms with van der Waals surface area (Å²) in [6, 6.07) is 6.32. The molecule has 1 aliphatic heterocycles. The Hall–Kier alpha value is -0.540. The van der Waals surface area contributed by atoms with Crippen molar-refractivity contribution in [3.05, 3.63) is 28.2 Å². The lowest BCUT2D eigenvalue weighted by molar-refractivity contribution is 0.0384. The molecule has 18 heavy (non-hydrogen) atoms. The Balaban J connectivity index is 1.91. The molecule has 2 aliphatic rings. The number of nitrogens with two attached hydrogens (primary N) is 1. The Kier molecular flexibility index (Phi) is 3.15. The minimum Gasteiger partial charge on any atom is -0.487 e. The molecule has 98 valence electrons. The zero-order chi connectivity index (χ0) is 12.8. The fourth-order valence-corrected chi connectivity index (χ4v) is 3.85. The molecule has 1 heterocycles. The monoisotopic (exact) mass is 309 g/mol. The van der Waals surface area contributed by atoms with Crippen LogP contribution in [-0.2, 0) is 0 Å². The molecule has 3 atom stereocenters. The van der Waals surface area contributed by atoms with Crippen molar-refractivity contribution < 1.29 is 4.74 Å². The molecule has 1 aromatic carbocycles. The maximum absolute atomic E-state index is 6.35. The van der Waals surface area contributed by atoms with Crippen molar-refractivity contribution >= 4 is 15.9 Å². The molecule has 0 radical (unpaired) electrons. The van der Waals surface area contributed by atoms with Gasteiger partial charge in [-0.25, -0.2) is 0 Å². The van der Waals surface area contributed by atoms with Crippen LogP contribution in [0.1, 0.15) is 50.6 Å². The first-order chi connectivity index (χ1) is 8.62. The van der Waals surface area contributed by atoms with E-state index in [1.165, 1.54) is 19.3 Å². The first-order valence-electron chi connectivity index (χ1n) is 6.86. The molecule has 1 spiro atoms. The average Bonchev–Trinajstić information content (AvgIpc) is 2.71. The summed E-state index contributed by atoms with van der Waals surface area (Å²) in [5.74, 6) is 1.80. The first-order valence-corrected chi connectivity index (χ1v) is 7.65. The van der Waals surface area contributed by atoms with Gasteiger partial charge in [0.2, 0.25) is 0 Å². The molecule has 2 unspecified atom stereocenters. The van der Waals surface area contributed by atoms with E-state index in [2.05, 4.69) is 35.0 Å². The fraction of sp³-hybridized carbons (Fsp3) is 0.600. The standard InChI is InChI=1S/C15H20BrNO/c1-2-10-5-6-15(8-10)9-13(17)12-4-3-11(16)7-14(12)18-15/h3-4,7,10,13H,2,5-6,8-9,17H2,1H3/t10?,13-,15?/m1/s1. The van der Waals surface area contributed by atoms with Crippen LogP contribution < -0.4 is 10.5 Å². The number of benzene rings is 1. The molecule has 1 saturated carbocycles. The predicted molar refractivity (Wildman–Crippen MR) is 76.7 cm³/mol. The van der Waals surface area contributed by atoms with Crippen LogP contribution in [-0.4, -0.2) is 5.60 Å². The summed E-state index contributed by atoms with van der Waals surface area (Å²) in [5.41, 5.74) is 7.51. The molecular formula is C15H20BrNO. The van der Waals surface area contributed by atoms with Crippen molar-refractivity contribution in [2.45, 2.75) is 50.7 Å². The van der Waals surface area contributed by atoms with E-state index < -0.39 is 0 Å². The summed E-state index contributed by atoms with van der Waals surface area (Å²) in [4.78, 5) is 0. The Morgan fingerprint density at radius 1 is 1.44 bits per heavy atom. The number of rotatable bonds is 1. The topological polar surface area (TPSA) is 35.2 Å². The molecule has 3 heteroatoms. The van der Waals surface area contributed by atoms with Gasteiger partial charge >= 0.3 is 0 Å². The minimum atomic E-state index is 0.00782. The lowest BCUT2D eigenvalue weighted by atomic mass is 9.85. The van der Waals surface area contributed by atoms with E-state index in [0.717, 1.165) is 34.5 Å². The average molecular weight is 310 g/mol. The largest absolute Gasteiger partial charge is 0.487 e. The maximum Gasteiger partial charge on any atom is 0.126 e. The van der Waals surface area contributed by atoms with Gasteiger partial charge in [-0.1, -0.05) is 35.3 Å². The third kappa shape index (κ3) is 2.08. The van der Waals surface area contributed by atoms with Gasteiger partial charge < -0.3 is 10.5 Å². The van der Waals surface area contributed by atoms with Gasteiger partial charge in [-0.15, -0.1) is 0 Å². The van der Waals surface area contributed by atoms with E-state index >= 15 is 0 Å². The summed E-state index contributed by atoms with van der Waals surface area (Å²) in [5, 5.41) is 0. The predicted octanol–water partition coefficient (Wildman–Crippen LogP) is 4.18. The summed E-state index contributed by atoms with van der Waals surface area (Å²) < 4.78 is 7.42. The summed E-state index contributed by atoms with van der Waals surface area (Å²) in [6.45, 7) is 2.27.